The Kier molecular flexibility index (Phi) is 5.58. The van der Waals surface area contributed by atoms with E-state index in [9.17, 15) is 4.39 Å². The Morgan fingerprint density at radius 1 is 1.00 bits per heavy atom. The molecule has 26 heavy (non-hydrogen) atoms. The summed E-state index contributed by atoms with van der Waals surface area (Å²) in [4.78, 5) is 6.45. The van der Waals surface area contributed by atoms with E-state index in [1.165, 1.54) is 12.1 Å². The molecule has 7 heteroatoms. The summed E-state index contributed by atoms with van der Waals surface area (Å²) in [5.41, 5.74) is 3.09. The highest BCUT2D eigenvalue weighted by molar-refractivity contribution is 5.60. The van der Waals surface area contributed by atoms with Crippen LogP contribution in [0.25, 0.3) is 0 Å². The zero-order valence-electron chi connectivity index (χ0n) is 14.8. The maximum absolute atomic E-state index is 12.9. The van der Waals surface area contributed by atoms with Gasteiger partial charge in [0.1, 0.15) is 5.82 Å². The molecule has 6 nitrogen and oxygen atoms in total. The van der Waals surface area contributed by atoms with Gasteiger partial charge >= 0.3 is 0 Å². The molecule has 0 aliphatic carbocycles. The molecule has 2 aromatic carbocycles. The fraction of sp³-hybridized carbons (Fsp3) is 0.211. The van der Waals surface area contributed by atoms with Crippen molar-refractivity contribution >= 4 is 23.1 Å². The van der Waals surface area contributed by atoms with Crippen molar-refractivity contribution < 1.29 is 4.39 Å². The first kappa shape index (κ1) is 17.6. The minimum absolute atomic E-state index is 0.230. The lowest BCUT2D eigenvalue weighted by Crippen LogP contribution is -2.10. The van der Waals surface area contributed by atoms with Gasteiger partial charge in [-0.1, -0.05) is 12.1 Å². The molecule has 0 saturated heterocycles. The lowest BCUT2D eigenvalue weighted by atomic mass is 10.1. The van der Waals surface area contributed by atoms with Gasteiger partial charge in [-0.2, -0.15) is 10.1 Å². The van der Waals surface area contributed by atoms with Gasteiger partial charge in [-0.05, 0) is 48.4 Å². The molecule has 0 fully saturated rings. The number of benzene rings is 2. The summed E-state index contributed by atoms with van der Waals surface area (Å²) in [7, 11) is 4.00. The summed E-state index contributed by atoms with van der Waals surface area (Å²) in [6.45, 7) is 0.633. The van der Waals surface area contributed by atoms with Gasteiger partial charge in [0.05, 0.1) is 6.20 Å². The summed E-state index contributed by atoms with van der Waals surface area (Å²) < 4.78 is 12.9. The second-order valence-electron chi connectivity index (χ2n) is 6.03. The van der Waals surface area contributed by atoms with E-state index >= 15 is 0 Å². The van der Waals surface area contributed by atoms with Gasteiger partial charge in [-0.25, -0.2) is 4.39 Å². The largest absolute Gasteiger partial charge is 0.378 e. The average Bonchev–Trinajstić information content (AvgIpc) is 2.64. The SMILES string of the molecule is CN(C)c1ccc(Nc2cnnc(NCCc3ccc(F)cc3)n2)cc1. The molecule has 1 aromatic heterocycles. The van der Waals surface area contributed by atoms with Gasteiger partial charge in [-0.3, -0.25) is 0 Å². The topological polar surface area (TPSA) is 66.0 Å². The highest BCUT2D eigenvalue weighted by atomic mass is 19.1. The number of nitrogens with one attached hydrogen (secondary N) is 2. The molecular weight excluding hydrogens is 331 g/mol. The number of nitrogens with zero attached hydrogens (tertiary/aromatic N) is 4. The normalized spacial score (nSPS) is 10.4. The lowest BCUT2D eigenvalue weighted by Gasteiger charge is -2.13. The van der Waals surface area contributed by atoms with Gasteiger partial charge in [0, 0.05) is 32.0 Å². The van der Waals surface area contributed by atoms with Crippen LogP contribution >= 0.6 is 0 Å². The van der Waals surface area contributed by atoms with Gasteiger partial charge in [0.2, 0.25) is 5.95 Å². The van der Waals surface area contributed by atoms with Gasteiger partial charge < -0.3 is 15.5 Å². The molecule has 0 atom stereocenters. The fourth-order valence-electron chi connectivity index (χ4n) is 2.40. The van der Waals surface area contributed by atoms with E-state index in [1.54, 1.807) is 18.3 Å². The molecule has 3 aromatic rings. The van der Waals surface area contributed by atoms with Gasteiger partial charge in [0.25, 0.3) is 0 Å². The van der Waals surface area contributed by atoms with Crippen LogP contribution in [0.4, 0.5) is 27.5 Å². The van der Waals surface area contributed by atoms with Crippen LogP contribution in [0.15, 0.2) is 54.7 Å². The van der Waals surface area contributed by atoms with Crippen molar-refractivity contribution in [2.45, 2.75) is 6.42 Å². The van der Waals surface area contributed by atoms with Crippen molar-refractivity contribution in [1.29, 1.82) is 0 Å². The molecule has 134 valence electrons. The molecule has 0 unspecified atom stereocenters. The maximum Gasteiger partial charge on any atom is 0.244 e. The molecular formula is C19H21FN6. The molecule has 3 rings (SSSR count). The molecule has 0 aliphatic rings. The molecule has 0 bridgehead atoms. The third-order valence-corrected chi connectivity index (χ3v) is 3.82. The smallest absolute Gasteiger partial charge is 0.244 e. The summed E-state index contributed by atoms with van der Waals surface area (Å²) in [5, 5.41) is 14.3. The third-order valence-electron chi connectivity index (χ3n) is 3.82. The van der Waals surface area contributed by atoms with Crippen LogP contribution in [-0.2, 0) is 6.42 Å². The second-order valence-corrected chi connectivity index (χ2v) is 6.03. The highest BCUT2D eigenvalue weighted by Gasteiger charge is 2.02. The predicted molar refractivity (Wildman–Crippen MR) is 102 cm³/mol. The van der Waals surface area contributed by atoms with E-state index in [1.807, 2.05) is 43.3 Å². The minimum atomic E-state index is -0.230. The zero-order valence-corrected chi connectivity index (χ0v) is 14.8. The quantitative estimate of drug-likeness (QED) is 0.679. The molecule has 0 radical (unpaired) electrons. The van der Waals surface area contributed by atoms with Gasteiger partial charge in [0.15, 0.2) is 5.82 Å². The molecule has 0 saturated carbocycles. The van der Waals surface area contributed by atoms with Crippen LogP contribution in [0.5, 0.6) is 0 Å². The second kappa shape index (κ2) is 8.24. The summed E-state index contributed by atoms with van der Waals surface area (Å²) in [6.07, 6.45) is 2.32. The average molecular weight is 352 g/mol. The Hall–Kier alpha value is -3.22. The van der Waals surface area contributed by atoms with Crippen LogP contribution in [0.1, 0.15) is 5.56 Å². The minimum Gasteiger partial charge on any atom is -0.378 e. The number of aromatic nitrogens is 3. The number of rotatable bonds is 7. The maximum atomic E-state index is 12.9. The number of anilines is 4. The standard InChI is InChI=1S/C19H21FN6/c1-26(2)17-9-7-16(8-10-17)23-18-13-22-25-19(24-18)21-12-11-14-3-5-15(20)6-4-14/h3-10,13H,11-12H2,1-2H3,(H2,21,23,24,25). The van der Waals surface area contributed by atoms with E-state index in [0.717, 1.165) is 23.4 Å². The van der Waals surface area contributed by atoms with Crippen LogP contribution in [0.2, 0.25) is 0 Å². The highest BCUT2D eigenvalue weighted by Crippen LogP contribution is 2.18. The summed E-state index contributed by atoms with van der Waals surface area (Å²) >= 11 is 0. The van der Waals surface area contributed by atoms with Crippen molar-refractivity contribution in [3.8, 4) is 0 Å². The summed E-state index contributed by atoms with van der Waals surface area (Å²) in [6, 6.07) is 14.5. The van der Waals surface area contributed by atoms with Crippen LogP contribution in [-0.4, -0.2) is 35.8 Å². The Bertz CT molecular complexity index is 833. The van der Waals surface area contributed by atoms with E-state index < -0.39 is 0 Å². The number of hydrogen-bond donors (Lipinski definition) is 2. The van der Waals surface area contributed by atoms with Crippen LogP contribution < -0.4 is 15.5 Å². The Morgan fingerprint density at radius 3 is 2.42 bits per heavy atom. The first-order valence-electron chi connectivity index (χ1n) is 8.32. The van der Waals surface area contributed by atoms with Crippen molar-refractivity contribution in [1.82, 2.24) is 15.2 Å². The molecule has 0 amide bonds. The monoisotopic (exact) mass is 352 g/mol. The predicted octanol–water partition coefficient (Wildman–Crippen LogP) is 3.47. The van der Waals surface area contributed by atoms with Gasteiger partial charge in [-0.15, -0.1) is 5.10 Å². The third kappa shape index (κ3) is 4.89. The molecule has 1 heterocycles. The number of hydrogen-bond acceptors (Lipinski definition) is 6. The first-order chi connectivity index (χ1) is 12.6. The van der Waals surface area contributed by atoms with Crippen molar-refractivity contribution in [3.05, 3.63) is 66.1 Å². The first-order valence-corrected chi connectivity index (χ1v) is 8.32. The lowest BCUT2D eigenvalue weighted by molar-refractivity contribution is 0.627. The van der Waals surface area contributed by atoms with Crippen molar-refractivity contribution in [3.63, 3.8) is 0 Å². The Balaban J connectivity index is 1.56. The zero-order chi connectivity index (χ0) is 18.4. The summed E-state index contributed by atoms with van der Waals surface area (Å²) in [5.74, 6) is 0.829. The Labute approximate surface area is 152 Å². The molecule has 0 spiro atoms. The van der Waals surface area contributed by atoms with Crippen LogP contribution in [0.3, 0.4) is 0 Å². The number of halogens is 1. The van der Waals surface area contributed by atoms with E-state index in [-0.39, 0.29) is 5.82 Å². The fourth-order valence-corrected chi connectivity index (χ4v) is 2.40. The Morgan fingerprint density at radius 2 is 1.73 bits per heavy atom. The van der Waals surface area contributed by atoms with Crippen LogP contribution in [0, 0.1) is 5.82 Å². The van der Waals surface area contributed by atoms with Crippen molar-refractivity contribution in [2.75, 3.05) is 36.2 Å². The van der Waals surface area contributed by atoms with E-state index in [2.05, 4.69) is 25.8 Å². The van der Waals surface area contributed by atoms with E-state index in [0.29, 0.717) is 18.3 Å². The molecule has 0 aliphatic heterocycles. The molecule has 2 N–H and O–H groups in total. The van der Waals surface area contributed by atoms with E-state index in [4.69, 9.17) is 0 Å². The van der Waals surface area contributed by atoms with Crippen molar-refractivity contribution in [2.24, 2.45) is 0 Å².